The summed E-state index contributed by atoms with van der Waals surface area (Å²) >= 11 is 3.49. The zero-order chi connectivity index (χ0) is 14.3. The standard InChI is InChI=1S/C16H26BrNO/c1-5-19-11-10-14(12-18-16(2,3)4)13-6-8-15(17)9-7-13/h6-9,14,18H,5,10-12H2,1-4H3. The van der Waals surface area contributed by atoms with Gasteiger partial charge in [-0.3, -0.25) is 0 Å². The van der Waals surface area contributed by atoms with Gasteiger partial charge in [0.05, 0.1) is 0 Å². The lowest BCUT2D eigenvalue weighted by atomic mass is 9.95. The highest BCUT2D eigenvalue weighted by Crippen LogP contribution is 2.22. The number of halogens is 1. The fraction of sp³-hybridized carbons (Fsp3) is 0.625. The normalized spacial score (nSPS) is 13.5. The molecule has 0 saturated carbocycles. The molecular weight excluding hydrogens is 302 g/mol. The van der Waals surface area contributed by atoms with Crippen molar-refractivity contribution in [3.8, 4) is 0 Å². The zero-order valence-corrected chi connectivity index (χ0v) is 14.1. The summed E-state index contributed by atoms with van der Waals surface area (Å²) in [4.78, 5) is 0. The first-order chi connectivity index (χ1) is 8.92. The summed E-state index contributed by atoms with van der Waals surface area (Å²) < 4.78 is 6.63. The van der Waals surface area contributed by atoms with E-state index in [0.717, 1.165) is 30.7 Å². The predicted molar refractivity (Wildman–Crippen MR) is 85.7 cm³/mol. The monoisotopic (exact) mass is 327 g/mol. The minimum absolute atomic E-state index is 0.152. The molecule has 0 aliphatic carbocycles. The van der Waals surface area contributed by atoms with Crippen LogP contribution in [0.15, 0.2) is 28.7 Å². The summed E-state index contributed by atoms with van der Waals surface area (Å²) in [5.41, 5.74) is 1.53. The number of hydrogen-bond donors (Lipinski definition) is 1. The number of rotatable bonds is 7. The van der Waals surface area contributed by atoms with Crippen LogP contribution in [0.5, 0.6) is 0 Å². The highest BCUT2D eigenvalue weighted by molar-refractivity contribution is 9.10. The average molecular weight is 328 g/mol. The van der Waals surface area contributed by atoms with Gasteiger partial charge >= 0.3 is 0 Å². The van der Waals surface area contributed by atoms with Gasteiger partial charge in [-0.25, -0.2) is 0 Å². The van der Waals surface area contributed by atoms with Crippen LogP contribution in [-0.2, 0) is 4.74 Å². The maximum Gasteiger partial charge on any atom is 0.0472 e. The Balaban J connectivity index is 2.65. The van der Waals surface area contributed by atoms with Crippen molar-refractivity contribution in [2.75, 3.05) is 19.8 Å². The van der Waals surface area contributed by atoms with E-state index in [0.29, 0.717) is 5.92 Å². The van der Waals surface area contributed by atoms with Gasteiger partial charge < -0.3 is 10.1 Å². The molecule has 0 aliphatic rings. The van der Waals surface area contributed by atoms with Gasteiger partial charge in [0.15, 0.2) is 0 Å². The van der Waals surface area contributed by atoms with Crippen molar-refractivity contribution in [1.29, 1.82) is 0 Å². The molecule has 3 heteroatoms. The highest BCUT2D eigenvalue weighted by Gasteiger charge is 2.15. The van der Waals surface area contributed by atoms with E-state index < -0.39 is 0 Å². The second-order valence-electron chi connectivity index (χ2n) is 5.86. The molecule has 2 nitrogen and oxygen atoms in total. The molecule has 0 spiro atoms. The van der Waals surface area contributed by atoms with E-state index in [4.69, 9.17) is 4.74 Å². The van der Waals surface area contributed by atoms with Crippen LogP contribution in [0.2, 0.25) is 0 Å². The second-order valence-corrected chi connectivity index (χ2v) is 6.78. The van der Waals surface area contributed by atoms with Crippen LogP contribution in [0.3, 0.4) is 0 Å². The average Bonchev–Trinajstić information content (AvgIpc) is 2.34. The highest BCUT2D eigenvalue weighted by atomic mass is 79.9. The molecule has 1 N–H and O–H groups in total. The summed E-state index contributed by atoms with van der Waals surface area (Å²) in [6.07, 6.45) is 1.05. The summed E-state index contributed by atoms with van der Waals surface area (Å²) in [7, 11) is 0. The molecule has 0 amide bonds. The van der Waals surface area contributed by atoms with Crippen LogP contribution in [0.4, 0.5) is 0 Å². The van der Waals surface area contributed by atoms with E-state index in [-0.39, 0.29) is 5.54 Å². The third kappa shape index (κ3) is 7.09. The molecule has 1 aromatic carbocycles. The third-order valence-electron chi connectivity index (χ3n) is 3.03. The van der Waals surface area contributed by atoms with Crippen molar-refractivity contribution < 1.29 is 4.74 Å². The molecular formula is C16H26BrNO. The molecule has 0 radical (unpaired) electrons. The van der Waals surface area contributed by atoms with Crippen LogP contribution in [0.1, 0.15) is 45.6 Å². The van der Waals surface area contributed by atoms with Crippen molar-refractivity contribution in [3.63, 3.8) is 0 Å². The maximum absolute atomic E-state index is 5.50. The van der Waals surface area contributed by atoms with E-state index >= 15 is 0 Å². The fourth-order valence-electron chi connectivity index (χ4n) is 1.92. The summed E-state index contributed by atoms with van der Waals surface area (Å²) in [5.74, 6) is 0.499. The fourth-order valence-corrected chi connectivity index (χ4v) is 2.19. The van der Waals surface area contributed by atoms with Gasteiger partial charge in [-0.1, -0.05) is 28.1 Å². The lowest BCUT2D eigenvalue weighted by Gasteiger charge is -2.25. The maximum atomic E-state index is 5.50. The van der Waals surface area contributed by atoms with Gasteiger partial charge in [0.25, 0.3) is 0 Å². The molecule has 0 bridgehead atoms. The Bertz CT molecular complexity index is 356. The summed E-state index contributed by atoms with van der Waals surface area (Å²) in [5, 5.41) is 3.59. The van der Waals surface area contributed by atoms with Crippen molar-refractivity contribution in [2.45, 2.75) is 45.6 Å². The molecule has 0 fully saturated rings. The quantitative estimate of drug-likeness (QED) is 0.752. The number of ether oxygens (including phenoxy) is 1. The first kappa shape index (κ1) is 16.7. The predicted octanol–water partition coefficient (Wildman–Crippen LogP) is 4.35. The van der Waals surface area contributed by atoms with Gasteiger partial charge in [0.2, 0.25) is 0 Å². The molecule has 108 valence electrons. The molecule has 0 heterocycles. The van der Waals surface area contributed by atoms with E-state index in [1.165, 1.54) is 5.56 Å². The third-order valence-corrected chi connectivity index (χ3v) is 3.56. The van der Waals surface area contributed by atoms with Crippen molar-refractivity contribution in [3.05, 3.63) is 34.3 Å². The van der Waals surface area contributed by atoms with Crippen molar-refractivity contribution in [1.82, 2.24) is 5.32 Å². The van der Waals surface area contributed by atoms with Crippen LogP contribution in [0, 0.1) is 0 Å². The van der Waals surface area contributed by atoms with Gasteiger partial charge in [-0.15, -0.1) is 0 Å². The van der Waals surface area contributed by atoms with Gasteiger partial charge in [0.1, 0.15) is 0 Å². The topological polar surface area (TPSA) is 21.3 Å². The van der Waals surface area contributed by atoms with Crippen molar-refractivity contribution >= 4 is 15.9 Å². The van der Waals surface area contributed by atoms with Crippen LogP contribution in [0.25, 0.3) is 0 Å². The number of benzene rings is 1. The molecule has 0 saturated heterocycles. The Morgan fingerprint density at radius 2 is 1.84 bits per heavy atom. The second kappa shape index (κ2) is 8.03. The molecule has 1 rings (SSSR count). The molecule has 1 aromatic rings. The smallest absolute Gasteiger partial charge is 0.0472 e. The van der Waals surface area contributed by atoms with Crippen molar-refractivity contribution in [2.24, 2.45) is 0 Å². The lowest BCUT2D eigenvalue weighted by molar-refractivity contribution is 0.138. The molecule has 0 aliphatic heterocycles. The van der Waals surface area contributed by atoms with E-state index in [2.05, 4.69) is 66.3 Å². The van der Waals surface area contributed by atoms with E-state index in [9.17, 15) is 0 Å². The van der Waals surface area contributed by atoms with Crippen LogP contribution >= 0.6 is 15.9 Å². The SMILES string of the molecule is CCOCCC(CNC(C)(C)C)c1ccc(Br)cc1. The number of hydrogen-bond acceptors (Lipinski definition) is 2. The van der Waals surface area contributed by atoms with Crippen LogP contribution < -0.4 is 5.32 Å². The van der Waals surface area contributed by atoms with Gasteiger partial charge in [-0.2, -0.15) is 0 Å². The zero-order valence-electron chi connectivity index (χ0n) is 12.5. The molecule has 19 heavy (non-hydrogen) atoms. The van der Waals surface area contributed by atoms with Gasteiger partial charge in [0, 0.05) is 29.8 Å². The summed E-state index contributed by atoms with van der Waals surface area (Å²) in [6, 6.07) is 8.62. The summed E-state index contributed by atoms with van der Waals surface area (Å²) in [6.45, 7) is 11.2. The Hall–Kier alpha value is -0.380. The Morgan fingerprint density at radius 1 is 1.21 bits per heavy atom. The lowest BCUT2D eigenvalue weighted by Crippen LogP contribution is -2.38. The van der Waals surface area contributed by atoms with Gasteiger partial charge in [-0.05, 0) is 57.7 Å². The molecule has 1 atom stereocenters. The van der Waals surface area contributed by atoms with E-state index in [1.807, 2.05) is 6.92 Å². The van der Waals surface area contributed by atoms with Crippen LogP contribution in [-0.4, -0.2) is 25.3 Å². The minimum atomic E-state index is 0.152. The Labute approximate surface area is 126 Å². The first-order valence-electron chi connectivity index (χ1n) is 7.00. The Kier molecular flexibility index (Phi) is 7.05. The minimum Gasteiger partial charge on any atom is -0.382 e. The molecule has 1 unspecified atom stereocenters. The first-order valence-corrected chi connectivity index (χ1v) is 7.80. The Morgan fingerprint density at radius 3 is 2.37 bits per heavy atom. The number of nitrogens with one attached hydrogen (secondary N) is 1. The molecule has 0 aromatic heterocycles. The largest absolute Gasteiger partial charge is 0.382 e. The van der Waals surface area contributed by atoms with E-state index in [1.54, 1.807) is 0 Å².